The van der Waals surface area contributed by atoms with Crippen LogP contribution in [0.2, 0.25) is 0 Å². The third-order valence-electron chi connectivity index (χ3n) is 1.98. The Bertz CT molecular complexity index is 669. The number of hydrazone groups is 1. The first kappa shape index (κ1) is 15.4. The van der Waals surface area contributed by atoms with Gasteiger partial charge in [0.1, 0.15) is 6.07 Å². The first-order chi connectivity index (χ1) is 9.29. The van der Waals surface area contributed by atoms with E-state index in [9.17, 15) is 18.9 Å². The number of hydrogen-bond acceptors (Lipinski definition) is 6. The molecule has 0 radical (unpaired) electrons. The molecule has 20 heavy (non-hydrogen) atoms. The van der Waals surface area contributed by atoms with Crippen LogP contribution in [-0.4, -0.2) is 16.5 Å². The highest BCUT2D eigenvalue weighted by atomic mass is 79.9. The quantitative estimate of drug-likeness (QED) is 0.251. The van der Waals surface area contributed by atoms with Gasteiger partial charge >= 0.3 is 0 Å². The van der Waals surface area contributed by atoms with Crippen LogP contribution in [0.1, 0.15) is 0 Å². The SMILES string of the molecule is N#C/C(=N\Nc1c([N+](=O)[O-])cc(F)c(F)c1Br)C(=N)N. The molecule has 1 aromatic rings. The number of nitrogens with zero attached hydrogens (tertiary/aromatic N) is 3. The number of nitrogens with one attached hydrogen (secondary N) is 2. The summed E-state index contributed by atoms with van der Waals surface area (Å²) in [4.78, 5) is 9.79. The number of rotatable bonds is 4. The van der Waals surface area contributed by atoms with Gasteiger partial charge in [0.25, 0.3) is 5.69 Å². The number of benzene rings is 1. The number of nitro benzene ring substituents is 1. The van der Waals surface area contributed by atoms with E-state index in [0.29, 0.717) is 6.07 Å². The minimum absolute atomic E-state index is 0.359. The van der Waals surface area contributed by atoms with Crippen LogP contribution in [0.25, 0.3) is 0 Å². The molecule has 0 bridgehead atoms. The average molecular weight is 347 g/mol. The van der Waals surface area contributed by atoms with Crippen LogP contribution in [0.3, 0.4) is 0 Å². The molecule has 0 unspecified atom stereocenters. The summed E-state index contributed by atoms with van der Waals surface area (Å²) in [6.07, 6.45) is 0. The Balaban J connectivity index is 3.38. The van der Waals surface area contributed by atoms with Gasteiger partial charge in [-0.2, -0.15) is 10.4 Å². The Morgan fingerprint density at radius 1 is 1.65 bits per heavy atom. The fraction of sp³-hybridized carbons (Fsp3) is 0. The van der Waals surface area contributed by atoms with Crippen LogP contribution in [0.15, 0.2) is 15.6 Å². The molecule has 0 saturated heterocycles. The van der Waals surface area contributed by atoms with E-state index >= 15 is 0 Å². The molecule has 0 saturated carbocycles. The second kappa shape index (κ2) is 6.02. The van der Waals surface area contributed by atoms with Gasteiger partial charge in [-0.25, -0.2) is 8.78 Å². The zero-order chi connectivity index (χ0) is 15.4. The molecule has 1 aromatic carbocycles. The summed E-state index contributed by atoms with van der Waals surface area (Å²) in [5, 5.41) is 29.7. The van der Waals surface area contributed by atoms with Crippen molar-refractivity contribution in [3.63, 3.8) is 0 Å². The molecule has 4 N–H and O–H groups in total. The first-order valence-electron chi connectivity index (χ1n) is 4.69. The summed E-state index contributed by atoms with van der Waals surface area (Å²) >= 11 is 2.64. The van der Waals surface area contributed by atoms with Gasteiger partial charge in [-0.05, 0) is 15.9 Å². The lowest BCUT2D eigenvalue weighted by Gasteiger charge is -2.06. The first-order valence-corrected chi connectivity index (χ1v) is 5.49. The van der Waals surface area contributed by atoms with Gasteiger partial charge in [-0.1, -0.05) is 0 Å². The van der Waals surface area contributed by atoms with Crippen LogP contribution in [0, 0.1) is 38.5 Å². The van der Waals surface area contributed by atoms with E-state index in [4.69, 9.17) is 16.4 Å². The number of hydrogen-bond donors (Lipinski definition) is 3. The fourth-order valence-electron chi connectivity index (χ4n) is 1.09. The molecule has 104 valence electrons. The van der Waals surface area contributed by atoms with Gasteiger partial charge in [0.05, 0.1) is 15.5 Å². The monoisotopic (exact) mass is 346 g/mol. The molecule has 0 fully saturated rings. The molecule has 11 heteroatoms. The molecule has 0 aliphatic carbocycles. The van der Waals surface area contributed by atoms with Crippen molar-refractivity contribution in [2.45, 2.75) is 0 Å². The Kier molecular flexibility index (Phi) is 4.65. The lowest BCUT2D eigenvalue weighted by molar-refractivity contribution is -0.384. The topological polar surface area (TPSA) is 141 Å². The molecule has 0 aliphatic rings. The van der Waals surface area contributed by atoms with Crippen molar-refractivity contribution in [2.75, 3.05) is 5.43 Å². The predicted octanol–water partition coefficient (Wildman–Crippen LogP) is 1.86. The predicted molar refractivity (Wildman–Crippen MR) is 69.3 cm³/mol. The Hall–Kier alpha value is -2.61. The summed E-state index contributed by atoms with van der Waals surface area (Å²) in [7, 11) is 0. The number of amidine groups is 1. The van der Waals surface area contributed by atoms with Crippen molar-refractivity contribution in [1.82, 2.24) is 0 Å². The summed E-state index contributed by atoms with van der Waals surface area (Å²) < 4.78 is 25.9. The second-order valence-corrected chi connectivity index (χ2v) is 4.03. The third kappa shape index (κ3) is 3.04. The van der Waals surface area contributed by atoms with Gasteiger partial charge in [0, 0.05) is 0 Å². The van der Waals surface area contributed by atoms with Crippen LogP contribution in [0.5, 0.6) is 0 Å². The molecule has 0 aliphatic heterocycles. The van der Waals surface area contributed by atoms with E-state index in [-0.39, 0.29) is 0 Å². The minimum atomic E-state index is -1.43. The van der Waals surface area contributed by atoms with Crippen LogP contribution in [-0.2, 0) is 0 Å². The van der Waals surface area contributed by atoms with Crippen LogP contribution < -0.4 is 11.2 Å². The largest absolute Gasteiger partial charge is 0.382 e. The molecule has 8 nitrogen and oxygen atoms in total. The van der Waals surface area contributed by atoms with Crippen molar-refractivity contribution in [1.29, 1.82) is 10.7 Å². The highest BCUT2D eigenvalue weighted by Crippen LogP contribution is 2.36. The van der Waals surface area contributed by atoms with Gasteiger partial charge in [-0.15, -0.1) is 0 Å². The summed E-state index contributed by atoms with van der Waals surface area (Å²) in [5.41, 5.74) is 5.13. The van der Waals surface area contributed by atoms with Gasteiger partial charge in [0.15, 0.2) is 23.2 Å². The van der Waals surface area contributed by atoms with Gasteiger partial charge in [-0.3, -0.25) is 20.9 Å². The summed E-state index contributed by atoms with van der Waals surface area (Å²) in [5.74, 6) is -3.49. The van der Waals surface area contributed by atoms with E-state index in [1.54, 1.807) is 0 Å². The lowest BCUT2D eigenvalue weighted by Crippen LogP contribution is -2.22. The minimum Gasteiger partial charge on any atom is -0.382 e. The Labute approximate surface area is 118 Å². The maximum atomic E-state index is 13.3. The van der Waals surface area contributed by atoms with E-state index in [0.717, 1.165) is 0 Å². The van der Waals surface area contributed by atoms with Crippen LogP contribution in [0.4, 0.5) is 20.2 Å². The fourth-order valence-corrected chi connectivity index (χ4v) is 1.57. The average Bonchev–Trinajstić information content (AvgIpc) is 2.38. The third-order valence-corrected chi connectivity index (χ3v) is 2.72. The second-order valence-electron chi connectivity index (χ2n) is 3.24. The summed E-state index contributed by atoms with van der Waals surface area (Å²) in [6, 6.07) is 1.81. The number of nitriles is 1. The molecular weight excluding hydrogens is 342 g/mol. The highest BCUT2D eigenvalue weighted by Gasteiger charge is 2.24. The molecular formula is C9H5BrF2N6O2. The molecule has 0 heterocycles. The Morgan fingerprint density at radius 3 is 2.70 bits per heavy atom. The number of nitrogens with two attached hydrogens (primary N) is 1. The normalized spacial score (nSPS) is 10.8. The number of nitro groups is 1. The van der Waals surface area contributed by atoms with E-state index in [1.165, 1.54) is 6.07 Å². The van der Waals surface area contributed by atoms with E-state index in [1.807, 2.05) is 5.43 Å². The van der Waals surface area contributed by atoms with Crippen molar-refractivity contribution in [3.05, 3.63) is 32.3 Å². The highest BCUT2D eigenvalue weighted by molar-refractivity contribution is 9.10. The van der Waals surface area contributed by atoms with Crippen molar-refractivity contribution >= 4 is 38.9 Å². The molecule has 0 amide bonds. The van der Waals surface area contributed by atoms with Gasteiger partial charge in [0.2, 0.25) is 5.71 Å². The summed E-state index contributed by atoms with van der Waals surface area (Å²) in [6.45, 7) is 0. The van der Waals surface area contributed by atoms with E-state index < -0.39 is 44.0 Å². The maximum Gasteiger partial charge on any atom is 0.298 e. The smallest absolute Gasteiger partial charge is 0.298 e. The molecule has 0 spiro atoms. The zero-order valence-electron chi connectivity index (χ0n) is 9.45. The molecule has 0 atom stereocenters. The zero-order valence-corrected chi connectivity index (χ0v) is 11.0. The molecule has 1 rings (SSSR count). The van der Waals surface area contributed by atoms with Crippen molar-refractivity contribution < 1.29 is 13.7 Å². The standard InChI is InChI=1S/C9H5BrF2N6O2/c10-6-7(12)3(11)1-5(18(19)20)8(6)17-16-4(2-13)9(14)15/h1,17H,(H3,14,15)/b16-4+. The van der Waals surface area contributed by atoms with Gasteiger partial charge < -0.3 is 5.73 Å². The van der Waals surface area contributed by atoms with Crippen LogP contribution >= 0.6 is 15.9 Å². The maximum absolute atomic E-state index is 13.3. The van der Waals surface area contributed by atoms with Crippen molar-refractivity contribution in [3.8, 4) is 6.07 Å². The lowest BCUT2D eigenvalue weighted by atomic mass is 10.2. The van der Waals surface area contributed by atoms with Crippen molar-refractivity contribution in [2.24, 2.45) is 10.8 Å². The molecule has 0 aromatic heterocycles. The number of halogens is 3. The number of anilines is 1. The Morgan fingerprint density at radius 2 is 2.25 bits per heavy atom. The van der Waals surface area contributed by atoms with E-state index in [2.05, 4.69) is 21.0 Å².